The maximum atomic E-state index is 11.3. The summed E-state index contributed by atoms with van der Waals surface area (Å²) in [6.45, 7) is 1.58. The third-order valence-electron chi connectivity index (χ3n) is 3.36. The monoisotopic (exact) mass is 282 g/mol. The largest absolute Gasteiger partial charge is 0.324 e. The molecule has 0 spiro atoms. The Balaban J connectivity index is 1.91. The smallest absolute Gasteiger partial charge is 0.223 e. The van der Waals surface area contributed by atoms with Crippen LogP contribution >= 0.6 is 11.3 Å². The topological polar surface area (TPSA) is 98.0 Å². The molecule has 1 aromatic rings. The lowest BCUT2D eigenvalue weighted by atomic mass is 9.99. The third kappa shape index (κ3) is 3.81. The molecule has 3 N–H and O–H groups in total. The van der Waals surface area contributed by atoms with Crippen LogP contribution in [0.2, 0.25) is 0 Å². The average molecular weight is 282 g/mol. The fourth-order valence-electron chi connectivity index (χ4n) is 2.49. The number of nitrogens with one attached hydrogen (secondary N) is 1. The van der Waals surface area contributed by atoms with Crippen LogP contribution < -0.4 is 11.1 Å². The molecule has 6 nitrogen and oxygen atoms in total. The van der Waals surface area contributed by atoms with Gasteiger partial charge >= 0.3 is 0 Å². The Morgan fingerprint density at radius 1 is 1.42 bits per heavy atom. The quantitative estimate of drug-likeness (QED) is 0.848. The molecule has 0 saturated heterocycles. The van der Waals surface area contributed by atoms with Gasteiger partial charge in [0.1, 0.15) is 10.8 Å². The Kier molecular flexibility index (Phi) is 4.60. The number of hydrogen-bond donors (Lipinski definition) is 2. The predicted octanol–water partition coefficient (Wildman–Crippen LogP) is 1.30. The first kappa shape index (κ1) is 14.1. The van der Waals surface area contributed by atoms with Gasteiger partial charge in [-0.05, 0) is 25.2 Å². The number of anilines is 1. The Bertz CT molecular complexity index is 474. The second-order valence-corrected chi connectivity index (χ2v) is 5.96. The summed E-state index contributed by atoms with van der Waals surface area (Å²) in [6, 6.07) is 0. The van der Waals surface area contributed by atoms with Gasteiger partial charge in [0.25, 0.3) is 0 Å². The van der Waals surface area contributed by atoms with Gasteiger partial charge in [-0.3, -0.25) is 9.59 Å². The Labute approximate surface area is 115 Å². The van der Waals surface area contributed by atoms with E-state index in [1.165, 1.54) is 18.3 Å². The maximum Gasteiger partial charge on any atom is 0.223 e. The molecule has 7 heteroatoms. The van der Waals surface area contributed by atoms with Crippen LogP contribution in [0.3, 0.4) is 0 Å². The highest BCUT2D eigenvalue weighted by molar-refractivity contribution is 7.15. The van der Waals surface area contributed by atoms with Crippen molar-refractivity contribution in [3.8, 4) is 0 Å². The number of ketones is 1. The summed E-state index contributed by atoms with van der Waals surface area (Å²) in [5.41, 5.74) is 5.34. The molecule has 1 heterocycles. The van der Waals surface area contributed by atoms with E-state index in [1.807, 2.05) is 0 Å². The number of nitrogens with zero attached hydrogens (tertiary/aromatic N) is 2. The van der Waals surface area contributed by atoms with Crippen LogP contribution in [0.4, 0.5) is 5.13 Å². The summed E-state index contributed by atoms with van der Waals surface area (Å²) in [5.74, 6) is 0.757. The van der Waals surface area contributed by atoms with Gasteiger partial charge in [-0.1, -0.05) is 11.3 Å². The minimum Gasteiger partial charge on any atom is -0.324 e. The zero-order valence-corrected chi connectivity index (χ0v) is 11.7. The molecule has 0 aliphatic heterocycles. The molecule has 2 rings (SSSR count). The zero-order chi connectivity index (χ0) is 13.8. The van der Waals surface area contributed by atoms with Crippen LogP contribution in [-0.2, 0) is 9.59 Å². The van der Waals surface area contributed by atoms with Crippen molar-refractivity contribution in [3.63, 3.8) is 0 Å². The van der Waals surface area contributed by atoms with E-state index in [-0.39, 0.29) is 18.2 Å². The normalized spacial score (nSPS) is 22.4. The first-order chi connectivity index (χ1) is 9.08. The number of Topliss-reactive ketones (excluding diaryl/α,β-unsaturated/α-hetero) is 1. The fraction of sp³-hybridized carbons (Fsp3) is 0.667. The molecular weight excluding hydrogens is 264 g/mol. The van der Waals surface area contributed by atoms with Crippen LogP contribution in [0.5, 0.6) is 0 Å². The summed E-state index contributed by atoms with van der Waals surface area (Å²) < 4.78 is 0. The van der Waals surface area contributed by atoms with Crippen LogP contribution in [0.25, 0.3) is 0 Å². The van der Waals surface area contributed by atoms with Crippen molar-refractivity contribution in [1.82, 2.24) is 10.2 Å². The first-order valence-electron chi connectivity index (χ1n) is 6.41. The lowest BCUT2D eigenvalue weighted by Crippen LogP contribution is -2.16. The van der Waals surface area contributed by atoms with Gasteiger partial charge in [0, 0.05) is 19.3 Å². The molecule has 1 fully saturated rings. The van der Waals surface area contributed by atoms with Crippen molar-refractivity contribution in [2.45, 2.75) is 38.5 Å². The van der Waals surface area contributed by atoms with Gasteiger partial charge in [-0.2, -0.15) is 0 Å². The van der Waals surface area contributed by atoms with Crippen LogP contribution in [-0.4, -0.2) is 28.4 Å². The number of rotatable bonds is 5. The maximum absolute atomic E-state index is 11.3. The number of carbonyl (C=O) groups is 2. The van der Waals surface area contributed by atoms with Crippen molar-refractivity contribution in [2.75, 3.05) is 11.9 Å². The molecule has 19 heavy (non-hydrogen) atoms. The Hall–Kier alpha value is -1.34. The van der Waals surface area contributed by atoms with Gasteiger partial charge in [0.2, 0.25) is 11.0 Å². The third-order valence-corrected chi connectivity index (χ3v) is 4.36. The summed E-state index contributed by atoms with van der Waals surface area (Å²) in [6.07, 6.45) is 3.59. The summed E-state index contributed by atoms with van der Waals surface area (Å²) >= 11 is 1.42. The molecular formula is C12H18N4O2S. The summed E-state index contributed by atoms with van der Waals surface area (Å²) in [4.78, 5) is 22.3. The van der Waals surface area contributed by atoms with E-state index >= 15 is 0 Å². The Morgan fingerprint density at radius 2 is 2.21 bits per heavy atom. The molecule has 1 saturated carbocycles. The van der Waals surface area contributed by atoms with Gasteiger partial charge in [0.15, 0.2) is 0 Å². The molecule has 0 radical (unpaired) electrons. The predicted molar refractivity (Wildman–Crippen MR) is 73.0 cm³/mol. The molecule has 2 unspecified atom stereocenters. The van der Waals surface area contributed by atoms with Gasteiger partial charge in [-0.15, -0.1) is 10.2 Å². The minimum atomic E-state index is -0.138. The molecule has 0 bridgehead atoms. The number of carbonyl (C=O) groups excluding carboxylic acids is 2. The summed E-state index contributed by atoms with van der Waals surface area (Å²) in [5, 5.41) is 12.2. The second kappa shape index (κ2) is 6.21. The van der Waals surface area contributed by atoms with Crippen molar-refractivity contribution < 1.29 is 9.59 Å². The standard InChI is InChI=1S/C12H18N4O2S/c1-7(17)14-12-16-15-11(19-12)9-3-2-8(4-9)5-10(18)6-13/h8-9H,2-6,13H2,1H3,(H,14,16,17). The number of aromatic nitrogens is 2. The van der Waals surface area contributed by atoms with Gasteiger partial charge in [-0.25, -0.2) is 0 Å². The molecule has 0 aromatic carbocycles. The number of nitrogens with two attached hydrogens (primary N) is 1. The van der Waals surface area contributed by atoms with Gasteiger partial charge < -0.3 is 11.1 Å². The van der Waals surface area contributed by atoms with Crippen molar-refractivity contribution in [3.05, 3.63) is 5.01 Å². The van der Waals surface area contributed by atoms with E-state index in [1.54, 1.807) is 0 Å². The Morgan fingerprint density at radius 3 is 2.89 bits per heavy atom. The lowest BCUT2D eigenvalue weighted by Gasteiger charge is -2.07. The number of amides is 1. The number of hydrogen-bond acceptors (Lipinski definition) is 6. The fourth-order valence-corrected chi connectivity index (χ4v) is 3.43. The van der Waals surface area contributed by atoms with E-state index in [4.69, 9.17) is 5.73 Å². The minimum absolute atomic E-state index is 0.127. The molecule has 1 aromatic heterocycles. The molecule has 1 aliphatic carbocycles. The van der Waals surface area contributed by atoms with E-state index in [2.05, 4.69) is 15.5 Å². The van der Waals surface area contributed by atoms with Crippen LogP contribution in [0.1, 0.15) is 43.5 Å². The summed E-state index contributed by atoms with van der Waals surface area (Å²) in [7, 11) is 0. The van der Waals surface area contributed by atoms with Gasteiger partial charge in [0.05, 0.1) is 6.54 Å². The van der Waals surface area contributed by atoms with Crippen molar-refractivity contribution in [1.29, 1.82) is 0 Å². The SMILES string of the molecule is CC(=O)Nc1nnc(C2CCC(CC(=O)CN)C2)s1. The highest BCUT2D eigenvalue weighted by Crippen LogP contribution is 2.41. The lowest BCUT2D eigenvalue weighted by molar-refractivity contribution is -0.118. The van der Waals surface area contributed by atoms with Crippen molar-refractivity contribution >= 4 is 28.2 Å². The van der Waals surface area contributed by atoms with Crippen LogP contribution in [0.15, 0.2) is 0 Å². The second-order valence-electron chi connectivity index (χ2n) is 4.95. The van der Waals surface area contributed by atoms with Crippen molar-refractivity contribution in [2.24, 2.45) is 11.7 Å². The van der Waals surface area contributed by atoms with E-state index < -0.39 is 0 Å². The molecule has 104 valence electrons. The average Bonchev–Trinajstić information content (AvgIpc) is 2.97. The molecule has 1 aliphatic rings. The molecule has 2 atom stereocenters. The van der Waals surface area contributed by atoms with E-state index in [0.29, 0.717) is 23.4 Å². The van der Waals surface area contributed by atoms with E-state index in [9.17, 15) is 9.59 Å². The highest BCUT2D eigenvalue weighted by Gasteiger charge is 2.29. The highest BCUT2D eigenvalue weighted by atomic mass is 32.1. The van der Waals surface area contributed by atoms with E-state index in [0.717, 1.165) is 24.3 Å². The zero-order valence-electron chi connectivity index (χ0n) is 10.9. The first-order valence-corrected chi connectivity index (χ1v) is 7.23. The molecule has 1 amide bonds. The van der Waals surface area contributed by atoms with Crippen LogP contribution in [0, 0.1) is 5.92 Å².